The first-order valence-electron chi connectivity index (χ1n) is 6.19. The molecule has 1 fully saturated rings. The van der Waals surface area contributed by atoms with Gasteiger partial charge in [-0.3, -0.25) is 0 Å². The summed E-state index contributed by atoms with van der Waals surface area (Å²) in [5, 5.41) is 0. The van der Waals surface area contributed by atoms with Crippen LogP contribution >= 0.6 is 0 Å². The lowest BCUT2D eigenvalue weighted by Crippen LogP contribution is -2.29. The van der Waals surface area contributed by atoms with Gasteiger partial charge in [0.2, 0.25) is 0 Å². The Morgan fingerprint density at radius 1 is 1.35 bits per heavy atom. The van der Waals surface area contributed by atoms with E-state index >= 15 is 0 Å². The van der Waals surface area contributed by atoms with Crippen molar-refractivity contribution >= 4 is 6.09 Å². The molecule has 0 radical (unpaired) electrons. The van der Waals surface area contributed by atoms with Crippen LogP contribution in [0.4, 0.5) is 4.79 Å². The minimum Gasteiger partial charge on any atom is -0.450 e. The summed E-state index contributed by atoms with van der Waals surface area (Å²) < 4.78 is 5.05. The van der Waals surface area contributed by atoms with Gasteiger partial charge in [-0.1, -0.05) is 37.3 Å². The van der Waals surface area contributed by atoms with Crippen molar-refractivity contribution in [2.75, 3.05) is 19.7 Å². The number of hydrogen-bond donors (Lipinski definition) is 0. The predicted molar refractivity (Wildman–Crippen MR) is 66.9 cm³/mol. The first kappa shape index (κ1) is 12.0. The average Bonchev–Trinajstić information content (AvgIpc) is 2.73. The Bertz CT molecular complexity index is 377. The fourth-order valence-electron chi connectivity index (χ4n) is 2.46. The minimum absolute atomic E-state index is 0.183. The van der Waals surface area contributed by atoms with Crippen molar-refractivity contribution in [2.24, 2.45) is 5.92 Å². The Labute approximate surface area is 102 Å². The van der Waals surface area contributed by atoms with Crippen molar-refractivity contribution in [1.82, 2.24) is 4.90 Å². The highest BCUT2D eigenvalue weighted by atomic mass is 16.6. The van der Waals surface area contributed by atoms with E-state index in [2.05, 4.69) is 31.2 Å². The summed E-state index contributed by atoms with van der Waals surface area (Å²) in [6.45, 7) is 6.03. The maximum Gasteiger partial charge on any atom is 0.409 e. The lowest BCUT2D eigenvalue weighted by atomic mass is 9.90. The summed E-state index contributed by atoms with van der Waals surface area (Å²) in [6, 6.07) is 10.4. The van der Waals surface area contributed by atoms with E-state index in [1.165, 1.54) is 5.56 Å². The van der Waals surface area contributed by atoms with Crippen LogP contribution in [0.1, 0.15) is 25.3 Å². The monoisotopic (exact) mass is 233 g/mol. The number of likely N-dealkylation sites (tertiary alicyclic amines) is 1. The number of hydrogen-bond acceptors (Lipinski definition) is 2. The smallest absolute Gasteiger partial charge is 0.409 e. The highest BCUT2D eigenvalue weighted by Gasteiger charge is 2.33. The van der Waals surface area contributed by atoms with Crippen LogP contribution in [-0.2, 0) is 4.74 Å². The fourth-order valence-corrected chi connectivity index (χ4v) is 2.46. The van der Waals surface area contributed by atoms with E-state index in [-0.39, 0.29) is 6.09 Å². The van der Waals surface area contributed by atoms with Crippen LogP contribution in [0.2, 0.25) is 0 Å². The van der Waals surface area contributed by atoms with Crippen LogP contribution in [0.15, 0.2) is 30.3 Å². The van der Waals surface area contributed by atoms with E-state index in [1.807, 2.05) is 17.9 Å². The quantitative estimate of drug-likeness (QED) is 0.786. The Balaban J connectivity index is 2.05. The van der Waals surface area contributed by atoms with Gasteiger partial charge in [-0.25, -0.2) is 4.79 Å². The molecule has 17 heavy (non-hydrogen) atoms. The Morgan fingerprint density at radius 3 is 2.71 bits per heavy atom. The van der Waals surface area contributed by atoms with Gasteiger partial charge in [0.05, 0.1) is 6.61 Å². The molecule has 3 nitrogen and oxygen atoms in total. The zero-order valence-corrected chi connectivity index (χ0v) is 10.4. The van der Waals surface area contributed by atoms with Crippen molar-refractivity contribution in [3.05, 3.63) is 35.9 Å². The van der Waals surface area contributed by atoms with Gasteiger partial charge in [-0.2, -0.15) is 0 Å². The van der Waals surface area contributed by atoms with Crippen molar-refractivity contribution in [3.63, 3.8) is 0 Å². The molecule has 2 atom stereocenters. The Kier molecular flexibility index (Phi) is 3.67. The molecule has 0 saturated carbocycles. The van der Waals surface area contributed by atoms with E-state index in [0.717, 1.165) is 13.1 Å². The molecule has 1 aliphatic rings. The molecule has 2 rings (SSSR count). The number of ether oxygens (including phenoxy) is 1. The van der Waals surface area contributed by atoms with E-state index in [1.54, 1.807) is 0 Å². The van der Waals surface area contributed by atoms with E-state index in [0.29, 0.717) is 18.4 Å². The zero-order chi connectivity index (χ0) is 12.3. The normalized spacial score (nSPS) is 23.8. The third-order valence-electron chi connectivity index (χ3n) is 3.37. The second kappa shape index (κ2) is 5.21. The first-order chi connectivity index (χ1) is 8.22. The lowest BCUT2D eigenvalue weighted by molar-refractivity contribution is 0.114. The molecule has 0 spiro atoms. The topological polar surface area (TPSA) is 29.5 Å². The fraction of sp³-hybridized carbons (Fsp3) is 0.500. The lowest BCUT2D eigenvalue weighted by Gasteiger charge is -2.15. The Hall–Kier alpha value is -1.51. The SMILES string of the molecule is CCOC(=O)N1CC(C)C(c2ccccc2)C1. The van der Waals surface area contributed by atoms with Crippen LogP contribution in [-0.4, -0.2) is 30.7 Å². The van der Waals surface area contributed by atoms with Gasteiger partial charge in [-0.15, -0.1) is 0 Å². The zero-order valence-electron chi connectivity index (χ0n) is 10.4. The number of amides is 1. The summed E-state index contributed by atoms with van der Waals surface area (Å²) in [7, 11) is 0. The van der Waals surface area contributed by atoms with Gasteiger partial charge >= 0.3 is 6.09 Å². The maximum atomic E-state index is 11.7. The van der Waals surface area contributed by atoms with Crippen molar-refractivity contribution < 1.29 is 9.53 Å². The third kappa shape index (κ3) is 2.60. The molecular formula is C14H19NO2. The maximum absolute atomic E-state index is 11.7. The summed E-state index contributed by atoms with van der Waals surface area (Å²) >= 11 is 0. The van der Waals surface area contributed by atoms with Crippen LogP contribution in [0, 0.1) is 5.92 Å². The second-order valence-electron chi connectivity index (χ2n) is 4.60. The van der Waals surface area contributed by atoms with E-state index in [9.17, 15) is 4.79 Å². The molecule has 1 heterocycles. The molecule has 92 valence electrons. The van der Waals surface area contributed by atoms with Crippen LogP contribution in [0.25, 0.3) is 0 Å². The number of nitrogens with zero attached hydrogens (tertiary/aromatic N) is 1. The van der Waals surface area contributed by atoms with Crippen molar-refractivity contribution in [3.8, 4) is 0 Å². The molecule has 2 unspecified atom stereocenters. The number of benzene rings is 1. The molecule has 1 aromatic rings. The van der Waals surface area contributed by atoms with Gasteiger partial charge in [0.25, 0.3) is 0 Å². The van der Waals surface area contributed by atoms with Gasteiger partial charge in [0.15, 0.2) is 0 Å². The number of carbonyl (C=O) groups excluding carboxylic acids is 1. The molecule has 1 saturated heterocycles. The molecular weight excluding hydrogens is 214 g/mol. The van der Waals surface area contributed by atoms with Gasteiger partial charge in [0.1, 0.15) is 0 Å². The van der Waals surface area contributed by atoms with E-state index < -0.39 is 0 Å². The van der Waals surface area contributed by atoms with Crippen LogP contribution in [0.3, 0.4) is 0 Å². The third-order valence-corrected chi connectivity index (χ3v) is 3.37. The first-order valence-corrected chi connectivity index (χ1v) is 6.19. The van der Waals surface area contributed by atoms with E-state index in [4.69, 9.17) is 4.74 Å². The molecule has 1 aliphatic heterocycles. The number of carbonyl (C=O) groups is 1. The van der Waals surface area contributed by atoms with Crippen LogP contribution < -0.4 is 0 Å². The summed E-state index contributed by atoms with van der Waals surface area (Å²) in [5.74, 6) is 0.919. The largest absolute Gasteiger partial charge is 0.450 e. The molecule has 3 heteroatoms. The summed E-state index contributed by atoms with van der Waals surface area (Å²) in [6.07, 6.45) is -0.183. The van der Waals surface area contributed by atoms with Crippen molar-refractivity contribution in [2.45, 2.75) is 19.8 Å². The average molecular weight is 233 g/mol. The summed E-state index contributed by atoms with van der Waals surface area (Å²) in [4.78, 5) is 13.5. The van der Waals surface area contributed by atoms with Gasteiger partial charge < -0.3 is 9.64 Å². The van der Waals surface area contributed by atoms with Crippen molar-refractivity contribution in [1.29, 1.82) is 0 Å². The molecule has 0 N–H and O–H groups in total. The molecule has 1 aromatic carbocycles. The summed E-state index contributed by atoms with van der Waals surface area (Å²) in [5.41, 5.74) is 1.31. The predicted octanol–water partition coefficient (Wildman–Crippen LogP) is 2.88. The highest BCUT2D eigenvalue weighted by molar-refractivity contribution is 5.68. The molecule has 1 amide bonds. The molecule has 0 bridgehead atoms. The second-order valence-corrected chi connectivity index (χ2v) is 4.60. The molecule has 0 aromatic heterocycles. The molecule has 0 aliphatic carbocycles. The van der Waals surface area contributed by atoms with Crippen LogP contribution in [0.5, 0.6) is 0 Å². The Morgan fingerprint density at radius 2 is 2.06 bits per heavy atom. The van der Waals surface area contributed by atoms with Gasteiger partial charge in [-0.05, 0) is 18.4 Å². The number of rotatable bonds is 2. The van der Waals surface area contributed by atoms with Gasteiger partial charge in [0, 0.05) is 19.0 Å². The highest BCUT2D eigenvalue weighted by Crippen LogP contribution is 2.32. The standard InChI is InChI=1S/C14H19NO2/c1-3-17-14(16)15-9-11(2)13(10-15)12-7-5-4-6-8-12/h4-8,11,13H,3,9-10H2,1-2H3. The minimum atomic E-state index is -0.183.